The van der Waals surface area contributed by atoms with Crippen molar-refractivity contribution in [2.24, 2.45) is 10.9 Å². The smallest absolute Gasteiger partial charge is 0.194 e. The van der Waals surface area contributed by atoms with Crippen molar-refractivity contribution in [1.82, 2.24) is 15.2 Å². The highest BCUT2D eigenvalue weighted by atomic mass is 16.5. The summed E-state index contributed by atoms with van der Waals surface area (Å²) in [6.45, 7) is 8.47. The van der Waals surface area contributed by atoms with E-state index in [9.17, 15) is 0 Å². The molecule has 1 aromatic carbocycles. The average Bonchev–Trinajstić information content (AvgIpc) is 2.83. The topological polar surface area (TPSA) is 53.0 Å². The van der Waals surface area contributed by atoms with Crippen LogP contribution in [0.1, 0.15) is 31.4 Å². The van der Waals surface area contributed by atoms with E-state index in [1.54, 1.807) is 0 Å². The number of nitrogens with one attached hydrogen (secondary N) is 1. The third-order valence-corrected chi connectivity index (χ3v) is 5.94. The van der Waals surface area contributed by atoms with E-state index in [1.165, 1.54) is 5.56 Å². The van der Waals surface area contributed by atoms with Gasteiger partial charge in [-0.05, 0) is 37.5 Å². The van der Waals surface area contributed by atoms with Crippen LogP contribution in [0.2, 0.25) is 0 Å². The second-order valence-corrected chi connectivity index (χ2v) is 7.96. The van der Waals surface area contributed by atoms with Gasteiger partial charge in [0, 0.05) is 58.0 Å². The molecule has 0 saturated carbocycles. The first kappa shape index (κ1) is 20.7. The van der Waals surface area contributed by atoms with E-state index in [4.69, 9.17) is 9.73 Å². The van der Waals surface area contributed by atoms with E-state index < -0.39 is 0 Å². The lowest BCUT2D eigenvalue weighted by atomic mass is 9.89. The highest BCUT2D eigenvalue weighted by molar-refractivity contribution is 5.80. The van der Waals surface area contributed by atoms with E-state index in [1.807, 2.05) is 12.3 Å². The Morgan fingerprint density at radius 3 is 2.63 bits per heavy atom. The molecule has 1 aromatic heterocycles. The fraction of sp³-hybridized carbons (Fsp3) is 0.500. The Balaban J connectivity index is 1.40. The van der Waals surface area contributed by atoms with Crippen LogP contribution < -0.4 is 10.2 Å². The van der Waals surface area contributed by atoms with Crippen LogP contribution in [0.15, 0.2) is 59.7 Å². The molecular formula is C24H33N5O. The third kappa shape index (κ3) is 5.11. The summed E-state index contributed by atoms with van der Waals surface area (Å²) < 4.78 is 6.16. The van der Waals surface area contributed by atoms with Crippen molar-refractivity contribution in [2.45, 2.75) is 25.9 Å². The first-order chi connectivity index (χ1) is 14.8. The molecule has 6 nitrogen and oxygen atoms in total. The molecule has 2 unspecified atom stereocenters. The number of aromatic nitrogens is 1. The molecule has 0 aliphatic carbocycles. The van der Waals surface area contributed by atoms with Crippen molar-refractivity contribution >= 4 is 11.8 Å². The number of pyridine rings is 1. The van der Waals surface area contributed by atoms with Gasteiger partial charge in [0.25, 0.3) is 0 Å². The monoisotopic (exact) mass is 407 g/mol. The summed E-state index contributed by atoms with van der Waals surface area (Å²) in [6, 6.07) is 16.7. The van der Waals surface area contributed by atoms with Gasteiger partial charge in [-0.3, -0.25) is 4.99 Å². The van der Waals surface area contributed by atoms with Crippen molar-refractivity contribution in [2.75, 3.05) is 50.8 Å². The van der Waals surface area contributed by atoms with E-state index in [-0.39, 0.29) is 6.10 Å². The Hall–Kier alpha value is -2.60. The summed E-state index contributed by atoms with van der Waals surface area (Å²) in [4.78, 5) is 14.3. The molecule has 4 rings (SSSR count). The SMILES string of the molecule is CCNC(=NCC1CCCOC1c1ccccc1)N1CCN(c2ccccn2)CC1. The van der Waals surface area contributed by atoms with Crippen molar-refractivity contribution in [3.8, 4) is 0 Å². The Bertz CT molecular complexity index is 790. The van der Waals surface area contributed by atoms with Gasteiger partial charge in [0.05, 0.1) is 6.10 Å². The van der Waals surface area contributed by atoms with Gasteiger partial charge in [0.15, 0.2) is 5.96 Å². The van der Waals surface area contributed by atoms with Crippen LogP contribution in [0.3, 0.4) is 0 Å². The summed E-state index contributed by atoms with van der Waals surface area (Å²) in [5.74, 6) is 2.50. The maximum Gasteiger partial charge on any atom is 0.194 e. The number of benzene rings is 1. The van der Waals surface area contributed by atoms with Gasteiger partial charge in [-0.1, -0.05) is 36.4 Å². The van der Waals surface area contributed by atoms with Crippen LogP contribution in [0.25, 0.3) is 0 Å². The number of ether oxygens (including phenoxy) is 1. The number of guanidine groups is 1. The standard InChI is InChI=1S/C24H33N5O/c1-2-25-24(29-16-14-28(15-17-29)22-12-6-7-13-26-22)27-19-21-11-8-18-30-23(21)20-9-4-3-5-10-20/h3-7,9-10,12-13,21,23H,2,8,11,14-19H2,1H3,(H,25,27). The molecule has 2 aromatic rings. The summed E-state index contributed by atoms with van der Waals surface area (Å²) in [7, 11) is 0. The van der Waals surface area contributed by atoms with E-state index in [0.717, 1.165) is 70.5 Å². The predicted molar refractivity (Wildman–Crippen MR) is 122 cm³/mol. The van der Waals surface area contributed by atoms with Crippen LogP contribution >= 0.6 is 0 Å². The van der Waals surface area contributed by atoms with Gasteiger partial charge in [0.2, 0.25) is 0 Å². The summed E-state index contributed by atoms with van der Waals surface area (Å²) in [5, 5.41) is 3.50. The number of nitrogens with zero attached hydrogens (tertiary/aromatic N) is 4. The zero-order chi connectivity index (χ0) is 20.6. The fourth-order valence-corrected chi connectivity index (χ4v) is 4.36. The zero-order valence-electron chi connectivity index (χ0n) is 17.9. The largest absolute Gasteiger partial charge is 0.373 e. The zero-order valence-corrected chi connectivity index (χ0v) is 17.9. The minimum Gasteiger partial charge on any atom is -0.373 e. The van der Waals surface area contributed by atoms with Crippen molar-refractivity contribution in [3.63, 3.8) is 0 Å². The lowest BCUT2D eigenvalue weighted by Gasteiger charge is -2.37. The van der Waals surface area contributed by atoms with Gasteiger partial charge < -0.3 is 19.9 Å². The predicted octanol–water partition coefficient (Wildman–Crippen LogP) is 3.34. The van der Waals surface area contributed by atoms with Crippen molar-refractivity contribution in [1.29, 1.82) is 0 Å². The normalized spacial score (nSPS) is 22.8. The molecule has 0 amide bonds. The van der Waals surface area contributed by atoms with E-state index >= 15 is 0 Å². The number of piperazine rings is 1. The number of hydrogen-bond acceptors (Lipinski definition) is 4. The Morgan fingerprint density at radius 2 is 1.90 bits per heavy atom. The van der Waals surface area contributed by atoms with Gasteiger partial charge in [-0.2, -0.15) is 0 Å². The molecule has 2 atom stereocenters. The number of anilines is 1. The van der Waals surface area contributed by atoms with Gasteiger partial charge in [-0.15, -0.1) is 0 Å². The minimum absolute atomic E-state index is 0.146. The maximum atomic E-state index is 6.16. The highest BCUT2D eigenvalue weighted by Gasteiger charge is 2.28. The summed E-state index contributed by atoms with van der Waals surface area (Å²) in [6.07, 6.45) is 4.29. The Kier molecular flexibility index (Phi) is 7.19. The van der Waals surface area contributed by atoms with Gasteiger partial charge in [-0.25, -0.2) is 4.98 Å². The average molecular weight is 408 g/mol. The first-order valence-electron chi connectivity index (χ1n) is 11.2. The van der Waals surface area contributed by atoms with Crippen LogP contribution in [0.4, 0.5) is 5.82 Å². The van der Waals surface area contributed by atoms with E-state index in [2.05, 4.69) is 69.5 Å². The van der Waals surface area contributed by atoms with E-state index in [0.29, 0.717) is 5.92 Å². The number of aliphatic imine (C=N–C) groups is 1. The molecule has 0 spiro atoms. The third-order valence-electron chi connectivity index (χ3n) is 5.94. The van der Waals surface area contributed by atoms with Gasteiger partial charge in [0.1, 0.15) is 5.82 Å². The fourth-order valence-electron chi connectivity index (χ4n) is 4.36. The number of hydrogen-bond donors (Lipinski definition) is 1. The van der Waals surface area contributed by atoms with Crippen LogP contribution in [0.5, 0.6) is 0 Å². The molecule has 0 radical (unpaired) electrons. The van der Waals surface area contributed by atoms with Crippen molar-refractivity contribution < 1.29 is 4.74 Å². The van der Waals surface area contributed by atoms with Crippen molar-refractivity contribution in [3.05, 3.63) is 60.3 Å². The molecule has 2 fully saturated rings. The summed E-state index contributed by atoms with van der Waals surface area (Å²) in [5.41, 5.74) is 1.27. The second-order valence-electron chi connectivity index (χ2n) is 7.96. The minimum atomic E-state index is 0.146. The molecule has 2 aliphatic heterocycles. The first-order valence-corrected chi connectivity index (χ1v) is 11.2. The second kappa shape index (κ2) is 10.4. The van der Waals surface area contributed by atoms with Crippen LogP contribution in [0, 0.1) is 5.92 Å². The molecule has 6 heteroatoms. The molecule has 2 saturated heterocycles. The molecular weight excluding hydrogens is 374 g/mol. The van der Waals surface area contributed by atoms with Gasteiger partial charge >= 0.3 is 0 Å². The molecule has 0 bridgehead atoms. The molecule has 3 heterocycles. The lowest BCUT2D eigenvalue weighted by Crippen LogP contribution is -2.53. The maximum absolute atomic E-state index is 6.16. The lowest BCUT2D eigenvalue weighted by molar-refractivity contribution is -0.0250. The molecule has 30 heavy (non-hydrogen) atoms. The molecule has 2 aliphatic rings. The van der Waals surface area contributed by atoms with Crippen LogP contribution in [-0.2, 0) is 4.74 Å². The summed E-state index contributed by atoms with van der Waals surface area (Å²) >= 11 is 0. The number of rotatable bonds is 5. The highest BCUT2D eigenvalue weighted by Crippen LogP contribution is 2.33. The Morgan fingerprint density at radius 1 is 1.10 bits per heavy atom. The van der Waals surface area contributed by atoms with Crippen LogP contribution in [-0.4, -0.2) is 61.7 Å². The Labute approximate surface area is 180 Å². The molecule has 160 valence electrons. The quantitative estimate of drug-likeness (QED) is 0.609. The molecule has 1 N–H and O–H groups in total.